The van der Waals surface area contributed by atoms with Crippen LogP contribution in [0.25, 0.3) is 0 Å². The molecule has 9 heteroatoms. The van der Waals surface area contributed by atoms with Crippen molar-refractivity contribution in [3.63, 3.8) is 0 Å². The van der Waals surface area contributed by atoms with Crippen molar-refractivity contribution in [3.05, 3.63) is 50.1 Å². The summed E-state index contributed by atoms with van der Waals surface area (Å²) in [4.78, 5) is 17.6. The lowest BCUT2D eigenvalue weighted by Crippen LogP contribution is -1.96. The van der Waals surface area contributed by atoms with Crippen molar-refractivity contribution < 1.29 is 14.1 Å². The lowest BCUT2D eigenvalue weighted by atomic mass is 10.3. The van der Waals surface area contributed by atoms with Crippen molar-refractivity contribution in [1.82, 2.24) is 9.97 Å². The van der Waals surface area contributed by atoms with E-state index >= 15 is 0 Å². The first-order chi connectivity index (χ1) is 8.97. The van der Waals surface area contributed by atoms with Crippen molar-refractivity contribution in [1.29, 1.82) is 0 Å². The number of nitro groups is 1. The maximum Gasteiger partial charge on any atom is 0.312 e. The molecule has 0 spiro atoms. The van der Waals surface area contributed by atoms with Crippen molar-refractivity contribution in [2.24, 2.45) is 0 Å². The minimum atomic E-state index is -0.699. The fraction of sp³-hybridized carbons (Fsp3) is 0. The largest absolute Gasteiger partial charge is 0.430 e. The molecule has 0 radical (unpaired) electrons. The fourth-order valence-electron chi connectivity index (χ4n) is 1.23. The van der Waals surface area contributed by atoms with Crippen LogP contribution in [0.1, 0.15) is 0 Å². The topological polar surface area (TPSA) is 78.2 Å². The summed E-state index contributed by atoms with van der Waals surface area (Å²) in [7, 11) is 0. The van der Waals surface area contributed by atoms with Crippen LogP contribution in [0.2, 0.25) is 5.15 Å². The molecule has 0 aliphatic heterocycles. The number of hydrogen-bond acceptors (Lipinski definition) is 5. The van der Waals surface area contributed by atoms with Gasteiger partial charge in [0.05, 0.1) is 21.8 Å². The Balaban J connectivity index is 2.44. The molecule has 0 unspecified atom stereocenters. The van der Waals surface area contributed by atoms with Gasteiger partial charge in [0.15, 0.2) is 5.15 Å². The van der Waals surface area contributed by atoms with Gasteiger partial charge in [0.25, 0.3) is 0 Å². The van der Waals surface area contributed by atoms with Gasteiger partial charge in [-0.15, -0.1) is 0 Å². The zero-order chi connectivity index (χ0) is 14.0. The quantitative estimate of drug-likeness (QED) is 0.624. The van der Waals surface area contributed by atoms with E-state index in [9.17, 15) is 14.5 Å². The molecular weight excluding hydrogens is 344 g/mol. The van der Waals surface area contributed by atoms with Crippen LogP contribution < -0.4 is 4.74 Å². The van der Waals surface area contributed by atoms with E-state index in [1.807, 2.05) is 0 Å². The van der Waals surface area contributed by atoms with E-state index in [0.29, 0.717) is 0 Å². The van der Waals surface area contributed by atoms with E-state index < -0.39 is 16.4 Å². The molecule has 0 atom stereocenters. The predicted molar refractivity (Wildman–Crippen MR) is 67.9 cm³/mol. The SMILES string of the molecule is O=[N+]([O-])c1cc(Br)c(F)cc1Oc1cncc(Cl)n1. The Morgan fingerprint density at radius 1 is 1.42 bits per heavy atom. The maximum atomic E-state index is 13.4. The Bertz CT molecular complexity index is 656. The zero-order valence-electron chi connectivity index (χ0n) is 9.01. The number of nitro benzene ring substituents is 1. The van der Waals surface area contributed by atoms with Crippen LogP contribution >= 0.6 is 27.5 Å². The van der Waals surface area contributed by atoms with Gasteiger partial charge in [-0.3, -0.25) is 15.1 Å². The summed E-state index contributed by atoms with van der Waals surface area (Å²) in [6.45, 7) is 0. The van der Waals surface area contributed by atoms with Crippen LogP contribution in [0, 0.1) is 15.9 Å². The molecule has 1 aromatic heterocycles. The molecule has 0 saturated carbocycles. The zero-order valence-corrected chi connectivity index (χ0v) is 11.4. The second kappa shape index (κ2) is 5.45. The lowest BCUT2D eigenvalue weighted by Gasteiger charge is -2.06. The molecule has 0 fully saturated rings. The second-order valence-corrected chi connectivity index (χ2v) is 4.51. The molecule has 6 nitrogen and oxygen atoms in total. The van der Waals surface area contributed by atoms with Crippen LogP contribution in [-0.4, -0.2) is 14.9 Å². The van der Waals surface area contributed by atoms with E-state index in [2.05, 4.69) is 25.9 Å². The van der Waals surface area contributed by atoms with Crippen molar-refractivity contribution in [2.75, 3.05) is 0 Å². The van der Waals surface area contributed by atoms with Crippen LogP contribution in [0.3, 0.4) is 0 Å². The highest BCUT2D eigenvalue weighted by molar-refractivity contribution is 9.10. The highest BCUT2D eigenvalue weighted by atomic mass is 79.9. The fourth-order valence-corrected chi connectivity index (χ4v) is 1.70. The van der Waals surface area contributed by atoms with Gasteiger partial charge in [0, 0.05) is 12.1 Å². The first-order valence-corrected chi connectivity index (χ1v) is 5.93. The third-order valence-electron chi connectivity index (χ3n) is 2.00. The molecule has 2 rings (SSSR count). The van der Waals surface area contributed by atoms with Crippen LogP contribution in [0.5, 0.6) is 11.6 Å². The molecule has 19 heavy (non-hydrogen) atoms. The summed E-state index contributed by atoms with van der Waals surface area (Å²) in [5.74, 6) is -1.06. The number of rotatable bonds is 3. The summed E-state index contributed by atoms with van der Waals surface area (Å²) >= 11 is 8.46. The summed E-state index contributed by atoms with van der Waals surface area (Å²) in [5.41, 5.74) is -0.407. The Kier molecular flexibility index (Phi) is 3.91. The van der Waals surface area contributed by atoms with Crippen molar-refractivity contribution >= 4 is 33.2 Å². The first kappa shape index (κ1) is 13.6. The number of ether oxygens (including phenoxy) is 1. The average Bonchev–Trinajstić information content (AvgIpc) is 2.33. The average molecular weight is 349 g/mol. The molecule has 0 amide bonds. The summed E-state index contributed by atoms with van der Waals surface area (Å²) in [5, 5.41) is 10.9. The summed E-state index contributed by atoms with van der Waals surface area (Å²) in [6.07, 6.45) is 2.47. The minimum Gasteiger partial charge on any atom is -0.430 e. The van der Waals surface area contributed by atoms with Gasteiger partial charge in [-0.25, -0.2) is 4.39 Å². The van der Waals surface area contributed by atoms with Crippen molar-refractivity contribution in [2.45, 2.75) is 0 Å². The van der Waals surface area contributed by atoms with E-state index in [1.165, 1.54) is 12.4 Å². The maximum absolute atomic E-state index is 13.4. The van der Waals surface area contributed by atoms with Crippen LogP contribution in [-0.2, 0) is 0 Å². The molecule has 0 bridgehead atoms. The molecule has 1 heterocycles. The number of hydrogen-bond donors (Lipinski definition) is 0. The molecule has 0 aliphatic rings. The van der Waals surface area contributed by atoms with Gasteiger partial charge in [-0.05, 0) is 15.9 Å². The smallest absolute Gasteiger partial charge is 0.312 e. The lowest BCUT2D eigenvalue weighted by molar-refractivity contribution is -0.385. The second-order valence-electron chi connectivity index (χ2n) is 3.27. The highest BCUT2D eigenvalue weighted by Crippen LogP contribution is 2.34. The molecule has 98 valence electrons. The van der Waals surface area contributed by atoms with E-state index in [0.717, 1.165) is 12.1 Å². The molecule has 0 N–H and O–H groups in total. The van der Waals surface area contributed by atoms with E-state index in [-0.39, 0.29) is 21.3 Å². The van der Waals surface area contributed by atoms with Crippen LogP contribution in [0.4, 0.5) is 10.1 Å². The molecule has 0 aliphatic carbocycles. The summed E-state index contributed by atoms with van der Waals surface area (Å²) in [6, 6.07) is 1.88. The minimum absolute atomic E-state index is 0.0382. The van der Waals surface area contributed by atoms with Gasteiger partial charge >= 0.3 is 5.69 Å². The van der Waals surface area contributed by atoms with Gasteiger partial charge < -0.3 is 4.74 Å². The standard InChI is InChI=1S/C10H4BrClFN3O3/c11-5-1-7(16(17)18)8(2-6(5)13)19-10-4-14-3-9(12)15-10/h1-4H. The van der Waals surface area contributed by atoms with Gasteiger partial charge in [-0.2, -0.15) is 4.98 Å². The monoisotopic (exact) mass is 347 g/mol. The normalized spacial score (nSPS) is 10.3. The Morgan fingerprint density at radius 2 is 2.16 bits per heavy atom. The predicted octanol–water partition coefficient (Wildman–Crippen LogP) is 3.73. The van der Waals surface area contributed by atoms with E-state index in [4.69, 9.17) is 16.3 Å². The molecule has 0 saturated heterocycles. The number of nitrogens with zero attached hydrogens (tertiary/aromatic N) is 3. The Hall–Kier alpha value is -1.80. The van der Waals surface area contributed by atoms with Crippen LogP contribution in [0.15, 0.2) is 29.0 Å². The number of aromatic nitrogens is 2. The van der Waals surface area contributed by atoms with Gasteiger partial charge in [0.1, 0.15) is 5.82 Å². The first-order valence-electron chi connectivity index (χ1n) is 4.76. The molecule has 2 aromatic rings. The van der Waals surface area contributed by atoms with E-state index in [1.54, 1.807) is 0 Å². The van der Waals surface area contributed by atoms with Crippen molar-refractivity contribution in [3.8, 4) is 11.6 Å². The number of benzene rings is 1. The third-order valence-corrected chi connectivity index (χ3v) is 2.79. The van der Waals surface area contributed by atoms with Gasteiger partial charge in [-0.1, -0.05) is 11.6 Å². The Morgan fingerprint density at radius 3 is 2.79 bits per heavy atom. The Labute approximate surface area is 119 Å². The van der Waals surface area contributed by atoms with Gasteiger partial charge in [0.2, 0.25) is 11.6 Å². The summed E-state index contributed by atoms with van der Waals surface area (Å²) < 4.78 is 18.5. The highest BCUT2D eigenvalue weighted by Gasteiger charge is 2.20. The number of halogens is 3. The molecular formula is C10H4BrClFN3O3. The molecule has 1 aromatic carbocycles. The third kappa shape index (κ3) is 3.15.